The SMILES string of the molecule is NC(=O)c1cnc2c(c1)nc(NC(=O)c1ccccc1)n2C/C=C/Cn1c(NC(=O)c2ccccc2)nc2cc(C(N)=O)cc(OCCCN3CCOCC3)c21. The zero-order chi connectivity index (χ0) is 39.0. The fourth-order valence-electron chi connectivity index (χ4n) is 6.35. The van der Waals surface area contributed by atoms with Crippen LogP contribution in [-0.2, 0) is 17.8 Å². The number of amides is 4. The molecule has 16 heteroatoms. The number of benzene rings is 3. The van der Waals surface area contributed by atoms with Crippen LogP contribution in [0.25, 0.3) is 22.2 Å². The molecular formula is C40H40N10O6. The Morgan fingerprint density at radius 1 is 0.732 bits per heavy atom. The molecule has 6 N–H and O–H groups in total. The van der Waals surface area contributed by atoms with Gasteiger partial charge in [0.25, 0.3) is 11.8 Å². The van der Waals surface area contributed by atoms with Crippen LogP contribution in [0.2, 0.25) is 0 Å². The van der Waals surface area contributed by atoms with E-state index in [-0.39, 0.29) is 47.9 Å². The second-order valence-electron chi connectivity index (χ2n) is 13.0. The van der Waals surface area contributed by atoms with Crippen LogP contribution in [0.1, 0.15) is 47.9 Å². The minimum absolute atomic E-state index is 0.175. The first kappa shape index (κ1) is 37.4. The molecule has 4 heterocycles. The van der Waals surface area contributed by atoms with Crippen molar-refractivity contribution in [3.8, 4) is 5.75 Å². The summed E-state index contributed by atoms with van der Waals surface area (Å²) in [4.78, 5) is 66.9. The average Bonchev–Trinajstić information content (AvgIpc) is 3.74. The second kappa shape index (κ2) is 17.0. The van der Waals surface area contributed by atoms with Crippen LogP contribution in [0.4, 0.5) is 11.9 Å². The van der Waals surface area contributed by atoms with Crippen LogP contribution in [0.15, 0.2) is 97.2 Å². The highest BCUT2D eigenvalue weighted by molar-refractivity contribution is 6.05. The molecule has 6 aromatic rings. The summed E-state index contributed by atoms with van der Waals surface area (Å²) in [6, 6.07) is 22.1. The van der Waals surface area contributed by atoms with Crippen LogP contribution in [0.5, 0.6) is 5.75 Å². The van der Waals surface area contributed by atoms with Crippen LogP contribution in [0.3, 0.4) is 0 Å². The zero-order valence-electron chi connectivity index (χ0n) is 30.4. The van der Waals surface area contributed by atoms with E-state index in [4.69, 9.17) is 25.9 Å². The minimum atomic E-state index is -0.658. The van der Waals surface area contributed by atoms with Gasteiger partial charge in [-0.1, -0.05) is 48.6 Å². The van der Waals surface area contributed by atoms with Gasteiger partial charge in [0.05, 0.1) is 30.9 Å². The van der Waals surface area contributed by atoms with E-state index in [1.807, 2.05) is 24.3 Å². The molecule has 7 rings (SSSR count). The van der Waals surface area contributed by atoms with E-state index in [2.05, 4.69) is 25.5 Å². The number of anilines is 2. The van der Waals surface area contributed by atoms with Crippen molar-refractivity contribution in [2.24, 2.45) is 11.5 Å². The van der Waals surface area contributed by atoms with Crippen molar-refractivity contribution in [3.05, 3.63) is 119 Å². The van der Waals surface area contributed by atoms with E-state index in [1.165, 1.54) is 12.3 Å². The van der Waals surface area contributed by atoms with Crippen LogP contribution < -0.4 is 26.8 Å². The Balaban J connectivity index is 1.20. The summed E-state index contributed by atoms with van der Waals surface area (Å²) in [7, 11) is 0. The maximum absolute atomic E-state index is 13.4. The number of pyridine rings is 1. The molecule has 0 unspecified atom stereocenters. The first-order chi connectivity index (χ1) is 27.2. The smallest absolute Gasteiger partial charge is 0.257 e. The molecule has 16 nitrogen and oxygen atoms in total. The first-order valence-corrected chi connectivity index (χ1v) is 18.1. The maximum atomic E-state index is 13.4. The lowest BCUT2D eigenvalue weighted by atomic mass is 10.1. The molecule has 1 fully saturated rings. The largest absolute Gasteiger partial charge is 0.491 e. The Morgan fingerprint density at radius 3 is 1.93 bits per heavy atom. The molecule has 0 bridgehead atoms. The molecule has 286 valence electrons. The third kappa shape index (κ3) is 8.56. The van der Waals surface area contributed by atoms with Crippen molar-refractivity contribution in [2.45, 2.75) is 19.5 Å². The van der Waals surface area contributed by atoms with E-state index in [9.17, 15) is 19.2 Å². The number of allylic oxidation sites excluding steroid dienone is 2. The van der Waals surface area contributed by atoms with Gasteiger partial charge in [0.1, 0.15) is 16.8 Å². The number of hydrogen-bond donors (Lipinski definition) is 4. The number of carbonyl (C=O) groups excluding carboxylic acids is 4. The van der Waals surface area contributed by atoms with E-state index in [0.29, 0.717) is 58.9 Å². The number of hydrogen-bond acceptors (Lipinski definition) is 10. The van der Waals surface area contributed by atoms with Gasteiger partial charge in [0, 0.05) is 55.6 Å². The molecular weight excluding hydrogens is 717 g/mol. The number of carbonyl (C=O) groups is 4. The highest BCUT2D eigenvalue weighted by Gasteiger charge is 2.21. The van der Waals surface area contributed by atoms with Gasteiger partial charge in [-0.15, -0.1) is 0 Å². The average molecular weight is 757 g/mol. The number of nitrogens with one attached hydrogen (secondary N) is 2. The Hall–Kier alpha value is -6.91. The molecule has 0 aliphatic carbocycles. The summed E-state index contributed by atoms with van der Waals surface area (Å²) in [6.45, 7) is 4.68. The van der Waals surface area contributed by atoms with Gasteiger partial charge in [-0.2, -0.15) is 0 Å². The van der Waals surface area contributed by atoms with Gasteiger partial charge in [-0.25, -0.2) is 15.0 Å². The third-order valence-electron chi connectivity index (χ3n) is 9.21. The second-order valence-corrected chi connectivity index (χ2v) is 13.0. The Labute approximate surface area is 321 Å². The van der Waals surface area contributed by atoms with Gasteiger partial charge in [-0.05, 0) is 48.9 Å². The summed E-state index contributed by atoms with van der Waals surface area (Å²) >= 11 is 0. The maximum Gasteiger partial charge on any atom is 0.257 e. The minimum Gasteiger partial charge on any atom is -0.491 e. The molecule has 1 saturated heterocycles. The van der Waals surface area contributed by atoms with Crippen molar-refractivity contribution in [3.63, 3.8) is 0 Å². The molecule has 0 atom stereocenters. The molecule has 0 saturated carbocycles. The van der Waals surface area contributed by atoms with Crippen molar-refractivity contribution in [1.82, 2.24) is 29.0 Å². The van der Waals surface area contributed by atoms with Crippen LogP contribution in [0, 0.1) is 0 Å². The number of nitrogens with two attached hydrogens (primary N) is 2. The molecule has 1 aliphatic rings. The lowest BCUT2D eigenvalue weighted by molar-refractivity contribution is 0.0358. The zero-order valence-corrected chi connectivity index (χ0v) is 30.4. The Bertz CT molecular complexity index is 2420. The lowest BCUT2D eigenvalue weighted by Gasteiger charge is -2.26. The number of fused-ring (bicyclic) bond motifs is 2. The lowest BCUT2D eigenvalue weighted by Crippen LogP contribution is -2.37. The predicted octanol–water partition coefficient (Wildman–Crippen LogP) is 3.84. The summed E-state index contributed by atoms with van der Waals surface area (Å²) in [5.41, 5.74) is 14.2. The Morgan fingerprint density at radius 2 is 1.30 bits per heavy atom. The molecule has 56 heavy (non-hydrogen) atoms. The standard InChI is InChI=1S/C40H40N10O6/c41-34(51)28-22-30-33(32(24-28)56-19-9-14-48-17-20-55-21-18-48)49(39(44-30)46-37(53)26-10-3-1-4-11-26)15-7-8-16-50-36-31(23-29(25-43-36)35(42)52)45-40(50)47-38(54)27-12-5-2-6-13-27/h1-8,10-13,22-25H,9,14-21H2,(H2,41,51)(H2,42,52)(H,44,46,53)(H,45,47,54)/b8-7+. The van der Waals surface area contributed by atoms with E-state index >= 15 is 0 Å². The third-order valence-corrected chi connectivity index (χ3v) is 9.21. The van der Waals surface area contributed by atoms with Gasteiger partial charge in [0.15, 0.2) is 5.65 Å². The number of ether oxygens (including phenoxy) is 2. The highest BCUT2D eigenvalue weighted by atomic mass is 16.5. The normalized spacial score (nSPS) is 13.3. The highest BCUT2D eigenvalue weighted by Crippen LogP contribution is 2.31. The van der Waals surface area contributed by atoms with Crippen molar-refractivity contribution >= 4 is 57.7 Å². The number of morpholine rings is 1. The van der Waals surface area contributed by atoms with E-state index in [0.717, 1.165) is 26.1 Å². The van der Waals surface area contributed by atoms with Crippen LogP contribution in [-0.4, -0.2) is 92.1 Å². The topological polar surface area (TPSA) is 215 Å². The molecule has 0 radical (unpaired) electrons. The summed E-state index contributed by atoms with van der Waals surface area (Å²) < 4.78 is 15.3. The van der Waals surface area contributed by atoms with Crippen molar-refractivity contribution < 1.29 is 28.7 Å². The van der Waals surface area contributed by atoms with Gasteiger partial charge in [0.2, 0.25) is 23.7 Å². The van der Waals surface area contributed by atoms with Crippen molar-refractivity contribution in [1.29, 1.82) is 0 Å². The van der Waals surface area contributed by atoms with Gasteiger partial charge in [-0.3, -0.25) is 39.3 Å². The summed E-state index contributed by atoms with van der Waals surface area (Å²) in [6.07, 6.45) is 5.79. The first-order valence-electron chi connectivity index (χ1n) is 18.1. The van der Waals surface area contributed by atoms with E-state index < -0.39 is 11.8 Å². The molecule has 3 aromatic heterocycles. The van der Waals surface area contributed by atoms with Gasteiger partial charge < -0.3 is 25.5 Å². The number of nitrogens with zero attached hydrogens (tertiary/aromatic N) is 6. The number of primary amides is 2. The molecule has 3 aromatic carbocycles. The van der Waals surface area contributed by atoms with Crippen LogP contribution >= 0.6 is 0 Å². The van der Waals surface area contributed by atoms with Crippen molar-refractivity contribution in [2.75, 3.05) is 50.1 Å². The predicted molar refractivity (Wildman–Crippen MR) is 210 cm³/mol. The number of aromatic nitrogens is 5. The summed E-state index contributed by atoms with van der Waals surface area (Å²) in [5, 5.41) is 5.77. The van der Waals surface area contributed by atoms with E-state index in [1.54, 1.807) is 69.8 Å². The quantitative estimate of drug-likeness (QED) is 0.0878. The fraction of sp³-hybridized carbons (Fsp3) is 0.225. The number of rotatable bonds is 15. The number of imidazole rings is 2. The summed E-state index contributed by atoms with van der Waals surface area (Å²) in [5.74, 6) is -1.23. The fourth-order valence-corrected chi connectivity index (χ4v) is 6.35. The van der Waals surface area contributed by atoms with Gasteiger partial charge >= 0.3 is 0 Å². The Kier molecular flexibility index (Phi) is 11.4. The molecule has 4 amide bonds. The molecule has 0 spiro atoms. The molecule has 1 aliphatic heterocycles. The monoisotopic (exact) mass is 756 g/mol.